The van der Waals surface area contributed by atoms with Crippen LogP contribution in [0.5, 0.6) is 0 Å². The zero-order chi connectivity index (χ0) is 11.7. The average Bonchev–Trinajstić information content (AvgIpc) is 2.55. The van der Waals surface area contributed by atoms with Gasteiger partial charge in [0.2, 0.25) is 0 Å². The summed E-state index contributed by atoms with van der Waals surface area (Å²) in [5.74, 6) is 2.58. The van der Waals surface area contributed by atoms with Crippen LogP contribution in [0.4, 0.5) is 5.82 Å². The van der Waals surface area contributed by atoms with Crippen LogP contribution in [-0.4, -0.2) is 11.0 Å². The van der Waals surface area contributed by atoms with E-state index < -0.39 is 0 Å². The van der Waals surface area contributed by atoms with Crippen LogP contribution in [0.2, 0.25) is 0 Å². The van der Waals surface area contributed by atoms with Crippen molar-refractivity contribution in [2.45, 2.75) is 39.7 Å². The lowest BCUT2D eigenvalue weighted by molar-refractivity contribution is 0.435. The Bertz CT molecular complexity index is 378. The first-order valence-electron chi connectivity index (χ1n) is 5.96. The molecule has 0 amide bonds. The lowest BCUT2D eigenvalue weighted by Crippen LogP contribution is -2.24. The van der Waals surface area contributed by atoms with Gasteiger partial charge < -0.3 is 5.32 Å². The van der Waals surface area contributed by atoms with E-state index in [1.54, 1.807) is 0 Å². The number of halogens is 1. The Morgan fingerprint density at radius 2 is 2.12 bits per heavy atom. The second-order valence-electron chi connectivity index (χ2n) is 4.98. The number of nitrogens with one attached hydrogen (secondary N) is 1. The summed E-state index contributed by atoms with van der Waals surface area (Å²) >= 11 is 3.47. The molecule has 0 radical (unpaired) electrons. The van der Waals surface area contributed by atoms with Gasteiger partial charge in [-0.25, -0.2) is 4.98 Å². The van der Waals surface area contributed by atoms with Gasteiger partial charge in [0.25, 0.3) is 0 Å². The molecule has 0 spiro atoms. The summed E-state index contributed by atoms with van der Waals surface area (Å²) in [5, 5.41) is 3.56. The second kappa shape index (κ2) is 4.74. The molecule has 1 fully saturated rings. The first-order valence-corrected chi connectivity index (χ1v) is 6.76. The van der Waals surface area contributed by atoms with Gasteiger partial charge in [-0.1, -0.05) is 13.8 Å². The van der Waals surface area contributed by atoms with E-state index in [0.29, 0.717) is 6.04 Å². The zero-order valence-electron chi connectivity index (χ0n) is 10.1. The summed E-state index contributed by atoms with van der Waals surface area (Å²) in [6.07, 6.45) is 4.47. The first kappa shape index (κ1) is 11.9. The monoisotopic (exact) mass is 282 g/mol. The minimum Gasteiger partial charge on any atom is -0.367 e. The number of hydrogen-bond donors (Lipinski definition) is 1. The van der Waals surface area contributed by atoms with Gasteiger partial charge in [0.1, 0.15) is 5.82 Å². The maximum atomic E-state index is 4.40. The zero-order valence-corrected chi connectivity index (χ0v) is 11.7. The summed E-state index contributed by atoms with van der Waals surface area (Å²) in [5.41, 5.74) is 1.23. The fourth-order valence-corrected chi connectivity index (χ4v) is 2.59. The molecule has 0 aromatic carbocycles. The van der Waals surface area contributed by atoms with Gasteiger partial charge in [0.05, 0.1) is 0 Å². The number of hydrogen-bond acceptors (Lipinski definition) is 2. The van der Waals surface area contributed by atoms with Crippen molar-refractivity contribution in [3.05, 3.63) is 22.3 Å². The Hall–Kier alpha value is -0.570. The molecule has 1 aliphatic carbocycles. The lowest BCUT2D eigenvalue weighted by Gasteiger charge is -2.20. The maximum Gasteiger partial charge on any atom is 0.126 e. The Balaban J connectivity index is 2.07. The van der Waals surface area contributed by atoms with E-state index in [9.17, 15) is 0 Å². The van der Waals surface area contributed by atoms with E-state index in [-0.39, 0.29) is 0 Å². The number of pyridine rings is 1. The molecule has 0 saturated heterocycles. The van der Waals surface area contributed by atoms with Crippen LogP contribution in [0, 0.1) is 18.8 Å². The SMILES string of the molecule is Cc1cc(NC2CCC(C)C2C)ncc1Br. The minimum atomic E-state index is 0.586. The Morgan fingerprint density at radius 3 is 2.69 bits per heavy atom. The van der Waals surface area contributed by atoms with Crippen molar-refractivity contribution in [3.8, 4) is 0 Å². The van der Waals surface area contributed by atoms with Crippen LogP contribution >= 0.6 is 15.9 Å². The third-order valence-electron chi connectivity index (χ3n) is 3.85. The number of nitrogens with zero attached hydrogens (tertiary/aromatic N) is 1. The van der Waals surface area contributed by atoms with Gasteiger partial charge in [-0.05, 0) is 59.2 Å². The highest BCUT2D eigenvalue weighted by Crippen LogP contribution is 2.33. The molecule has 1 heterocycles. The topological polar surface area (TPSA) is 24.9 Å². The molecule has 3 atom stereocenters. The van der Waals surface area contributed by atoms with Gasteiger partial charge in [-0.15, -0.1) is 0 Å². The largest absolute Gasteiger partial charge is 0.367 e. The minimum absolute atomic E-state index is 0.586. The van der Waals surface area contributed by atoms with Gasteiger partial charge in [0, 0.05) is 16.7 Å². The molecule has 0 bridgehead atoms. The molecular formula is C13H19BrN2. The molecule has 3 heteroatoms. The molecular weight excluding hydrogens is 264 g/mol. The molecule has 1 aliphatic rings. The predicted molar refractivity (Wildman–Crippen MR) is 71.6 cm³/mol. The standard InChI is InChI=1S/C13H19BrN2/c1-8-4-5-12(10(8)3)16-13-6-9(2)11(14)7-15-13/h6-8,10,12H,4-5H2,1-3H3,(H,15,16). The van der Waals surface area contributed by atoms with Crippen molar-refractivity contribution >= 4 is 21.7 Å². The average molecular weight is 283 g/mol. The first-order chi connectivity index (χ1) is 7.58. The molecule has 1 N–H and O–H groups in total. The molecule has 1 aromatic heterocycles. The highest BCUT2D eigenvalue weighted by atomic mass is 79.9. The van der Waals surface area contributed by atoms with Crippen LogP contribution in [0.15, 0.2) is 16.7 Å². The van der Waals surface area contributed by atoms with Crippen LogP contribution in [0.1, 0.15) is 32.3 Å². The predicted octanol–water partition coefficient (Wildman–Crippen LogP) is 4.00. The molecule has 88 valence electrons. The van der Waals surface area contributed by atoms with E-state index in [4.69, 9.17) is 0 Å². The quantitative estimate of drug-likeness (QED) is 0.887. The summed E-state index contributed by atoms with van der Waals surface area (Å²) in [6, 6.07) is 2.70. The molecule has 0 aliphatic heterocycles. The van der Waals surface area contributed by atoms with E-state index >= 15 is 0 Å². The smallest absolute Gasteiger partial charge is 0.126 e. The molecule has 2 rings (SSSR count). The van der Waals surface area contributed by atoms with E-state index in [1.807, 2.05) is 6.20 Å². The summed E-state index contributed by atoms with van der Waals surface area (Å²) in [6.45, 7) is 6.77. The van der Waals surface area contributed by atoms with Crippen molar-refractivity contribution in [1.82, 2.24) is 4.98 Å². The fourth-order valence-electron chi connectivity index (χ4n) is 2.38. The molecule has 3 unspecified atom stereocenters. The lowest BCUT2D eigenvalue weighted by atomic mass is 9.98. The normalized spacial score (nSPS) is 29.4. The van der Waals surface area contributed by atoms with E-state index in [1.165, 1.54) is 18.4 Å². The highest BCUT2D eigenvalue weighted by Gasteiger charge is 2.29. The number of aryl methyl sites for hydroxylation is 1. The number of aromatic nitrogens is 1. The van der Waals surface area contributed by atoms with Crippen LogP contribution < -0.4 is 5.32 Å². The Kier molecular flexibility index (Phi) is 3.53. The van der Waals surface area contributed by atoms with Crippen LogP contribution in [0.3, 0.4) is 0 Å². The number of rotatable bonds is 2. The molecule has 1 aromatic rings. The number of anilines is 1. The van der Waals surface area contributed by atoms with E-state index in [2.05, 4.69) is 53.1 Å². The van der Waals surface area contributed by atoms with Gasteiger partial charge in [-0.2, -0.15) is 0 Å². The third kappa shape index (κ3) is 2.40. The third-order valence-corrected chi connectivity index (χ3v) is 4.68. The van der Waals surface area contributed by atoms with Gasteiger partial charge in [-0.3, -0.25) is 0 Å². The van der Waals surface area contributed by atoms with Crippen molar-refractivity contribution in [2.75, 3.05) is 5.32 Å². The van der Waals surface area contributed by atoms with E-state index in [0.717, 1.165) is 22.1 Å². The summed E-state index contributed by atoms with van der Waals surface area (Å²) in [4.78, 5) is 4.40. The molecule has 16 heavy (non-hydrogen) atoms. The van der Waals surface area contributed by atoms with Crippen LogP contribution in [0.25, 0.3) is 0 Å². The van der Waals surface area contributed by atoms with Crippen molar-refractivity contribution in [1.29, 1.82) is 0 Å². The van der Waals surface area contributed by atoms with Gasteiger partial charge >= 0.3 is 0 Å². The van der Waals surface area contributed by atoms with Crippen molar-refractivity contribution in [3.63, 3.8) is 0 Å². The Labute approximate surface area is 106 Å². The highest BCUT2D eigenvalue weighted by molar-refractivity contribution is 9.10. The van der Waals surface area contributed by atoms with Crippen molar-refractivity contribution in [2.24, 2.45) is 11.8 Å². The molecule has 1 saturated carbocycles. The van der Waals surface area contributed by atoms with Crippen LogP contribution in [-0.2, 0) is 0 Å². The fraction of sp³-hybridized carbons (Fsp3) is 0.615. The second-order valence-corrected chi connectivity index (χ2v) is 5.84. The summed E-state index contributed by atoms with van der Waals surface area (Å²) in [7, 11) is 0. The molecule has 2 nitrogen and oxygen atoms in total. The van der Waals surface area contributed by atoms with Crippen molar-refractivity contribution < 1.29 is 0 Å². The Morgan fingerprint density at radius 1 is 1.38 bits per heavy atom. The van der Waals surface area contributed by atoms with Gasteiger partial charge in [0.15, 0.2) is 0 Å². The maximum absolute atomic E-state index is 4.40. The summed E-state index contributed by atoms with van der Waals surface area (Å²) < 4.78 is 1.07.